The molecular formula is C21H31N3O2S. The number of amides is 2. The van der Waals surface area contributed by atoms with Crippen LogP contribution >= 0.6 is 11.8 Å². The number of carbonyl (C=O) groups excluding carboxylic acids is 2. The molecule has 1 fully saturated rings. The summed E-state index contributed by atoms with van der Waals surface area (Å²) in [7, 11) is 0. The fourth-order valence-electron chi connectivity index (χ4n) is 3.60. The Bertz CT molecular complexity index is 657. The molecule has 0 radical (unpaired) electrons. The molecule has 3 rings (SSSR count). The van der Waals surface area contributed by atoms with Crippen LogP contribution in [-0.2, 0) is 9.59 Å². The van der Waals surface area contributed by atoms with E-state index in [1.807, 2.05) is 28.0 Å². The highest BCUT2D eigenvalue weighted by Crippen LogP contribution is 2.34. The van der Waals surface area contributed by atoms with Crippen LogP contribution in [-0.4, -0.2) is 66.6 Å². The molecule has 1 aromatic carbocycles. The molecule has 1 saturated heterocycles. The number of piperazine rings is 1. The van der Waals surface area contributed by atoms with E-state index >= 15 is 0 Å². The van der Waals surface area contributed by atoms with Gasteiger partial charge < -0.3 is 9.80 Å². The molecular weight excluding hydrogens is 358 g/mol. The van der Waals surface area contributed by atoms with Crippen molar-refractivity contribution in [2.75, 3.05) is 49.9 Å². The Kier molecular flexibility index (Phi) is 7.19. The molecule has 2 heterocycles. The first-order chi connectivity index (χ1) is 13.0. The maximum Gasteiger partial charge on any atom is 0.227 e. The van der Waals surface area contributed by atoms with Gasteiger partial charge in [-0.25, -0.2) is 0 Å². The van der Waals surface area contributed by atoms with Crippen LogP contribution < -0.4 is 4.90 Å². The first-order valence-electron chi connectivity index (χ1n) is 10.1. The lowest BCUT2D eigenvalue weighted by molar-refractivity contribution is -0.134. The Balaban J connectivity index is 1.44. The lowest BCUT2D eigenvalue weighted by Crippen LogP contribution is -2.49. The van der Waals surface area contributed by atoms with Crippen LogP contribution in [0.3, 0.4) is 0 Å². The molecule has 0 aromatic heterocycles. The zero-order valence-electron chi connectivity index (χ0n) is 16.5. The molecule has 0 saturated carbocycles. The van der Waals surface area contributed by atoms with Gasteiger partial charge in [-0.2, -0.15) is 0 Å². The lowest BCUT2D eigenvalue weighted by atomic mass is 10.1. The van der Waals surface area contributed by atoms with Gasteiger partial charge in [-0.15, -0.1) is 11.8 Å². The molecule has 1 aromatic rings. The molecule has 0 spiro atoms. The summed E-state index contributed by atoms with van der Waals surface area (Å²) in [4.78, 5) is 32.6. The molecule has 2 aliphatic rings. The summed E-state index contributed by atoms with van der Waals surface area (Å²) in [6.07, 6.45) is 1.82. The molecule has 0 atom stereocenters. The monoisotopic (exact) mass is 389 g/mol. The van der Waals surface area contributed by atoms with Crippen molar-refractivity contribution < 1.29 is 9.59 Å². The van der Waals surface area contributed by atoms with Crippen LogP contribution in [0.2, 0.25) is 0 Å². The topological polar surface area (TPSA) is 43.9 Å². The maximum atomic E-state index is 12.7. The van der Waals surface area contributed by atoms with E-state index in [-0.39, 0.29) is 11.8 Å². The zero-order chi connectivity index (χ0) is 19.2. The largest absolute Gasteiger partial charge is 0.340 e. The van der Waals surface area contributed by atoms with Crippen molar-refractivity contribution in [1.29, 1.82) is 0 Å². The van der Waals surface area contributed by atoms with Gasteiger partial charge >= 0.3 is 0 Å². The van der Waals surface area contributed by atoms with Gasteiger partial charge in [-0.05, 0) is 31.0 Å². The molecule has 27 heavy (non-hydrogen) atoms. The summed E-state index contributed by atoms with van der Waals surface area (Å²) in [5.41, 5.74) is 0.991. The fraction of sp³-hybridized carbons (Fsp3) is 0.619. The van der Waals surface area contributed by atoms with E-state index in [0.29, 0.717) is 18.8 Å². The Morgan fingerprint density at radius 3 is 2.44 bits per heavy atom. The van der Waals surface area contributed by atoms with E-state index in [4.69, 9.17) is 0 Å². The Hall–Kier alpha value is -1.53. The lowest BCUT2D eigenvalue weighted by Gasteiger charge is -2.35. The van der Waals surface area contributed by atoms with Crippen molar-refractivity contribution in [2.45, 2.75) is 38.0 Å². The maximum absolute atomic E-state index is 12.7. The predicted molar refractivity (Wildman–Crippen MR) is 111 cm³/mol. The minimum absolute atomic E-state index is 0.0617. The summed E-state index contributed by atoms with van der Waals surface area (Å²) in [5, 5.41) is 0. The number of benzene rings is 1. The van der Waals surface area contributed by atoms with E-state index in [1.54, 1.807) is 11.8 Å². The normalized spacial score (nSPS) is 17.9. The first-order valence-corrected chi connectivity index (χ1v) is 11.1. The summed E-state index contributed by atoms with van der Waals surface area (Å²) in [5.74, 6) is 1.81. The number of rotatable bonds is 6. The minimum atomic E-state index is 0.0617. The molecule has 0 unspecified atom stereocenters. The smallest absolute Gasteiger partial charge is 0.227 e. The van der Waals surface area contributed by atoms with Crippen LogP contribution in [0.5, 0.6) is 0 Å². The quantitative estimate of drug-likeness (QED) is 0.750. The average molecular weight is 390 g/mol. The number of fused-ring (bicyclic) bond motifs is 1. The Morgan fingerprint density at radius 2 is 1.70 bits per heavy atom. The van der Waals surface area contributed by atoms with E-state index in [9.17, 15) is 9.59 Å². The molecule has 5 nitrogen and oxygen atoms in total. The number of hydrogen-bond acceptors (Lipinski definition) is 4. The third-order valence-corrected chi connectivity index (χ3v) is 6.37. The zero-order valence-corrected chi connectivity index (χ0v) is 17.3. The highest BCUT2D eigenvalue weighted by Gasteiger charge is 2.25. The summed E-state index contributed by atoms with van der Waals surface area (Å²) in [6, 6.07) is 8.03. The Morgan fingerprint density at radius 1 is 1.00 bits per heavy atom. The molecule has 0 bridgehead atoms. The van der Waals surface area contributed by atoms with E-state index in [1.165, 1.54) is 6.42 Å². The van der Waals surface area contributed by atoms with Crippen LogP contribution in [0, 0.1) is 5.92 Å². The van der Waals surface area contributed by atoms with Gasteiger partial charge in [-0.3, -0.25) is 14.5 Å². The predicted octanol–water partition coefficient (Wildman–Crippen LogP) is 3.10. The minimum Gasteiger partial charge on any atom is -0.340 e. The summed E-state index contributed by atoms with van der Waals surface area (Å²) in [6.45, 7) is 9.80. The number of carbonyl (C=O) groups is 2. The van der Waals surface area contributed by atoms with E-state index in [2.05, 4.69) is 24.8 Å². The molecule has 6 heteroatoms. The molecule has 148 valence electrons. The second kappa shape index (κ2) is 9.60. The number of para-hydroxylation sites is 1. The van der Waals surface area contributed by atoms with Crippen molar-refractivity contribution in [1.82, 2.24) is 9.80 Å². The van der Waals surface area contributed by atoms with Gasteiger partial charge in [0.05, 0.1) is 5.69 Å². The third-order valence-electron chi connectivity index (χ3n) is 5.33. The van der Waals surface area contributed by atoms with Crippen LogP contribution in [0.4, 0.5) is 5.69 Å². The Labute approximate surface area is 167 Å². The molecule has 2 aliphatic heterocycles. The van der Waals surface area contributed by atoms with Crippen molar-refractivity contribution >= 4 is 29.3 Å². The van der Waals surface area contributed by atoms with Crippen molar-refractivity contribution in [3.63, 3.8) is 0 Å². The van der Waals surface area contributed by atoms with Gasteiger partial charge in [0.1, 0.15) is 0 Å². The SMILES string of the molecule is CC(C)CCN1CCN(C(=O)CCC(=O)N2CCSc3ccccc32)CC1. The van der Waals surface area contributed by atoms with Crippen LogP contribution in [0.15, 0.2) is 29.2 Å². The first kappa shape index (κ1) is 20.2. The van der Waals surface area contributed by atoms with Crippen molar-refractivity contribution in [3.05, 3.63) is 24.3 Å². The molecule has 0 N–H and O–H groups in total. The molecule has 0 aliphatic carbocycles. The number of nitrogens with zero attached hydrogens (tertiary/aromatic N) is 3. The van der Waals surface area contributed by atoms with Crippen LogP contribution in [0.1, 0.15) is 33.1 Å². The second-order valence-corrected chi connectivity index (χ2v) is 8.90. The summed E-state index contributed by atoms with van der Waals surface area (Å²) >= 11 is 1.79. The highest BCUT2D eigenvalue weighted by molar-refractivity contribution is 7.99. The van der Waals surface area contributed by atoms with Gasteiger partial charge in [0.2, 0.25) is 11.8 Å². The van der Waals surface area contributed by atoms with Crippen molar-refractivity contribution in [2.24, 2.45) is 5.92 Å². The van der Waals surface area contributed by atoms with Crippen molar-refractivity contribution in [3.8, 4) is 0 Å². The second-order valence-electron chi connectivity index (χ2n) is 7.77. The van der Waals surface area contributed by atoms with E-state index < -0.39 is 0 Å². The van der Waals surface area contributed by atoms with Crippen LogP contribution in [0.25, 0.3) is 0 Å². The highest BCUT2D eigenvalue weighted by atomic mass is 32.2. The van der Waals surface area contributed by atoms with Gasteiger partial charge in [0.15, 0.2) is 0 Å². The number of thioether (sulfide) groups is 1. The third kappa shape index (κ3) is 5.48. The van der Waals surface area contributed by atoms with Gasteiger partial charge in [0, 0.05) is 56.2 Å². The summed E-state index contributed by atoms with van der Waals surface area (Å²) < 4.78 is 0. The van der Waals surface area contributed by atoms with Gasteiger partial charge in [-0.1, -0.05) is 26.0 Å². The number of anilines is 1. The standard InChI is InChI=1S/C21H31N3O2S/c1-17(2)9-10-22-11-13-23(14-12-22)20(25)7-8-21(26)24-15-16-27-19-6-4-3-5-18(19)24/h3-6,17H,7-16H2,1-2H3. The number of hydrogen-bond donors (Lipinski definition) is 0. The fourth-order valence-corrected chi connectivity index (χ4v) is 4.59. The van der Waals surface area contributed by atoms with E-state index in [0.717, 1.165) is 55.6 Å². The average Bonchev–Trinajstić information content (AvgIpc) is 2.70. The molecule has 2 amide bonds. The van der Waals surface area contributed by atoms with Gasteiger partial charge in [0.25, 0.3) is 0 Å².